The van der Waals surface area contributed by atoms with Gasteiger partial charge in [-0.05, 0) is 68.8 Å². The second kappa shape index (κ2) is 10.1. The molecule has 0 bridgehead atoms. The van der Waals surface area contributed by atoms with E-state index in [1.54, 1.807) is 0 Å². The van der Waals surface area contributed by atoms with Crippen molar-refractivity contribution in [1.29, 1.82) is 0 Å². The summed E-state index contributed by atoms with van der Waals surface area (Å²) in [6.07, 6.45) is 2.17. The average molecular weight is 661 g/mol. The van der Waals surface area contributed by atoms with Gasteiger partial charge < -0.3 is 0 Å². The number of fused-ring (bicyclic) bond motifs is 16. The summed E-state index contributed by atoms with van der Waals surface area (Å²) in [5.74, 6) is 0.632. The second-order valence-corrected chi connectivity index (χ2v) is 13.9. The molecule has 8 aromatic rings. The third-order valence-corrected chi connectivity index (χ3v) is 11.4. The SMILES string of the molecule is c1ccc2c(c1)-c1ccccc1C21c2ccccc2-c2ccc(-c3nc(-n4cc5c6ccccc6nc-5c5ccccc54)nc4ccccc34)cc21. The molecule has 4 heteroatoms. The van der Waals surface area contributed by atoms with Crippen molar-refractivity contribution < 1.29 is 0 Å². The van der Waals surface area contributed by atoms with Crippen LogP contribution in [-0.2, 0) is 5.41 Å². The number of para-hydroxylation sites is 3. The van der Waals surface area contributed by atoms with Crippen molar-refractivity contribution in [3.05, 3.63) is 192 Å². The summed E-state index contributed by atoms with van der Waals surface area (Å²) in [6, 6.07) is 59.0. The Morgan fingerprint density at radius 2 is 0.923 bits per heavy atom. The molecule has 0 saturated carbocycles. The summed E-state index contributed by atoms with van der Waals surface area (Å²) in [5.41, 5.74) is 17.0. The third-order valence-electron chi connectivity index (χ3n) is 11.4. The molecule has 0 atom stereocenters. The van der Waals surface area contributed by atoms with Crippen LogP contribution in [0.25, 0.3) is 83.4 Å². The summed E-state index contributed by atoms with van der Waals surface area (Å²) >= 11 is 0. The molecule has 2 aliphatic carbocycles. The molecule has 4 aliphatic rings. The van der Waals surface area contributed by atoms with E-state index >= 15 is 0 Å². The van der Waals surface area contributed by atoms with E-state index in [0.29, 0.717) is 5.95 Å². The molecule has 3 heterocycles. The standard InChI is InChI=1S/C48H28N4/c1-7-19-38-30(13-1)31-14-2-8-20-39(31)48(38)40-21-9-3-15-32(40)33-26-25-29(27-41(33)48)45-35-17-5-11-23-43(35)50-47(51-45)52-28-37-34-16-4-10-22-42(34)49-46(37)36-18-6-12-24-44(36)52/h1-28H. The molecule has 12 rings (SSSR count). The summed E-state index contributed by atoms with van der Waals surface area (Å²) in [5, 5.41) is 3.22. The van der Waals surface area contributed by atoms with Gasteiger partial charge in [-0.3, -0.25) is 4.57 Å². The lowest BCUT2D eigenvalue weighted by atomic mass is 9.70. The Morgan fingerprint density at radius 1 is 0.385 bits per heavy atom. The molecule has 0 amide bonds. The molecule has 2 aliphatic heterocycles. The normalized spacial score (nSPS) is 13.5. The highest BCUT2D eigenvalue weighted by Gasteiger charge is 2.51. The highest BCUT2D eigenvalue weighted by atomic mass is 15.1. The van der Waals surface area contributed by atoms with Crippen LogP contribution in [0.4, 0.5) is 0 Å². The van der Waals surface area contributed by atoms with E-state index in [1.807, 2.05) is 6.07 Å². The Kier molecular flexibility index (Phi) is 5.40. The molecule has 0 radical (unpaired) electrons. The molecule has 7 aromatic carbocycles. The van der Waals surface area contributed by atoms with Crippen LogP contribution in [-0.4, -0.2) is 19.5 Å². The summed E-state index contributed by atoms with van der Waals surface area (Å²) in [6.45, 7) is 0. The van der Waals surface area contributed by atoms with Crippen molar-refractivity contribution in [2.24, 2.45) is 0 Å². The number of rotatable bonds is 2. The maximum Gasteiger partial charge on any atom is 0.235 e. The predicted molar refractivity (Wildman–Crippen MR) is 210 cm³/mol. The van der Waals surface area contributed by atoms with Crippen LogP contribution in [0, 0.1) is 0 Å². The second-order valence-electron chi connectivity index (χ2n) is 13.9. The molecule has 240 valence electrons. The van der Waals surface area contributed by atoms with E-state index < -0.39 is 5.41 Å². The van der Waals surface area contributed by atoms with Gasteiger partial charge in [-0.2, -0.15) is 0 Å². The zero-order valence-corrected chi connectivity index (χ0v) is 28.0. The molecule has 52 heavy (non-hydrogen) atoms. The van der Waals surface area contributed by atoms with Gasteiger partial charge in [0.15, 0.2) is 0 Å². The largest absolute Gasteiger partial charge is 0.285 e. The first-order chi connectivity index (χ1) is 25.8. The van der Waals surface area contributed by atoms with Crippen molar-refractivity contribution in [3.8, 4) is 50.7 Å². The van der Waals surface area contributed by atoms with Crippen LogP contribution in [0.1, 0.15) is 22.3 Å². The average Bonchev–Trinajstić information content (AvgIpc) is 3.84. The number of benzene rings is 7. The zero-order valence-electron chi connectivity index (χ0n) is 28.0. The van der Waals surface area contributed by atoms with Crippen molar-refractivity contribution in [1.82, 2.24) is 19.5 Å². The number of aromatic nitrogens is 4. The Labute approximate surface area is 299 Å². The van der Waals surface area contributed by atoms with Crippen LogP contribution in [0.3, 0.4) is 0 Å². The summed E-state index contributed by atoms with van der Waals surface area (Å²) in [4.78, 5) is 15.7. The maximum atomic E-state index is 5.47. The molecule has 0 saturated heterocycles. The zero-order chi connectivity index (χ0) is 34.0. The lowest BCUT2D eigenvalue weighted by molar-refractivity contribution is 0.794. The fourth-order valence-electron chi connectivity index (χ4n) is 9.33. The van der Waals surface area contributed by atoms with E-state index in [4.69, 9.17) is 15.0 Å². The van der Waals surface area contributed by atoms with E-state index in [9.17, 15) is 0 Å². The quantitative estimate of drug-likeness (QED) is 0.185. The van der Waals surface area contributed by atoms with Crippen molar-refractivity contribution in [3.63, 3.8) is 0 Å². The smallest absolute Gasteiger partial charge is 0.235 e. The van der Waals surface area contributed by atoms with Gasteiger partial charge in [0.25, 0.3) is 0 Å². The van der Waals surface area contributed by atoms with Crippen LogP contribution < -0.4 is 0 Å². The van der Waals surface area contributed by atoms with Crippen LogP contribution in [0.2, 0.25) is 0 Å². The highest BCUT2D eigenvalue weighted by molar-refractivity contribution is 6.07. The minimum Gasteiger partial charge on any atom is -0.285 e. The maximum absolute atomic E-state index is 5.47. The van der Waals surface area contributed by atoms with Gasteiger partial charge in [-0.15, -0.1) is 0 Å². The molecule has 1 spiro atoms. The lowest BCUT2D eigenvalue weighted by Crippen LogP contribution is -2.25. The van der Waals surface area contributed by atoms with Crippen molar-refractivity contribution >= 4 is 32.7 Å². The number of nitrogens with zero attached hydrogens (tertiary/aromatic N) is 4. The van der Waals surface area contributed by atoms with Gasteiger partial charge >= 0.3 is 0 Å². The predicted octanol–water partition coefficient (Wildman–Crippen LogP) is 11.2. The van der Waals surface area contributed by atoms with Crippen molar-refractivity contribution in [2.45, 2.75) is 5.41 Å². The first-order valence-corrected chi connectivity index (χ1v) is 17.8. The van der Waals surface area contributed by atoms with Crippen LogP contribution in [0.5, 0.6) is 0 Å². The molecular formula is C48H28N4. The lowest BCUT2D eigenvalue weighted by Gasteiger charge is -2.30. The summed E-state index contributed by atoms with van der Waals surface area (Å²) < 4.78 is 2.15. The Balaban J connectivity index is 1.15. The Bertz CT molecular complexity index is 3030. The molecule has 4 nitrogen and oxygen atoms in total. The monoisotopic (exact) mass is 660 g/mol. The first-order valence-electron chi connectivity index (χ1n) is 17.8. The Hall–Kier alpha value is -6.91. The van der Waals surface area contributed by atoms with E-state index in [1.165, 1.54) is 44.5 Å². The van der Waals surface area contributed by atoms with E-state index in [-0.39, 0.29) is 0 Å². The minimum absolute atomic E-state index is 0.428. The fourth-order valence-corrected chi connectivity index (χ4v) is 9.33. The number of hydrogen-bond donors (Lipinski definition) is 0. The number of pyridine rings is 1. The van der Waals surface area contributed by atoms with Gasteiger partial charge in [-0.25, -0.2) is 15.0 Å². The highest BCUT2D eigenvalue weighted by Crippen LogP contribution is 2.63. The fraction of sp³-hybridized carbons (Fsp3) is 0.0208. The van der Waals surface area contributed by atoms with Crippen LogP contribution in [0.15, 0.2) is 170 Å². The minimum atomic E-state index is -0.428. The molecular weight excluding hydrogens is 633 g/mol. The van der Waals surface area contributed by atoms with E-state index in [2.05, 4.69) is 168 Å². The van der Waals surface area contributed by atoms with Gasteiger partial charge in [-0.1, -0.05) is 140 Å². The van der Waals surface area contributed by atoms with Crippen LogP contribution >= 0.6 is 0 Å². The van der Waals surface area contributed by atoms with Gasteiger partial charge in [0, 0.05) is 33.5 Å². The Morgan fingerprint density at radius 3 is 1.62 bits per heavy atom. The first kappa shape index (κ1) is 27.9. The topological polar surface area (TPSA) is 43.6 Å². The summed E-state index contributed by atoms with van der Waals surface area (Å²) in [7, 11) is 0. The molecule has 0 unspecified atom stereocenters. The molecule has 0 N–H and O–H groups in total. The van der Waals surface area contributed by atoms with Gasteiger partial charge in [0.05, 0.1) is 33.4 Å². The van der Waals surface area contributed by atoms with E-state index in [0.717, 1.165) is 55.2 Å². The third kappa shape index (κ3) is 3.48. The van der Waals surface area contributed by atoms with Gasteiger partial charge in [0.2, 0.25) is 5.95 Å². The van der Waals surface area contributed by atoms with Crippen molar-refractivity contribution in [2.75, 3.05) is 0 Å². The van der Waals surface area contributed by atoms with Gasteiger partial charge in [0.1, 0.15) is 0 Å². The molecule has 0 fully saturated rings. The molecule has 1 aromatic heterocycles. The number of hydrogen-bond acceptors (Lipinski definition) is 3.